The molecule has 0 bridgehead atoms. The van der Waals surface area contributed by atoms with Crippen molar-refractivity contribution in [2.75, 3.05) is 0 Å². The second-order valence-electron chi connectivity index (χ2n) is 4.21. The van der Waals surface area contributed by atoms with Gasteiger partial charge < -0.3 is 4.98 Å². The summed E-state index contributed by atoms with van der Waals surface area (Å²) in [5.74, 6) is -0.0592. The van der Waals surface area contributed by atoms with Crippen LogP contribution in [0.2, 0.25) is 10.0 Å². The summed E-state index contributed by atoms with van der Waals surface area (Å²) in [6.45, 7) is 0. The summed E-state index contributed by atoms with van der Waals surface area (Å²) in [5, 5.41) is 1.72. The van der Waals surface area contributed by atoms with Crippen LogP contribution in [0.4, 0.5) is 0 Å². The molecule has 4 heteroatoms. The first-order valence-corrected chi connectivity index (χ1v) is 6.48. The number of hydrogen-bond acceptors (Lipinski definition) is 1. The first-order valence-electron chi connectivity index (χ1n) is 5.72. The van der Waals surface area contributed by atoms with Crippen molar-refractivity contribution in [1.82, 2.24) is 4.98 Å². The van der Waals surface area contributed by atoms with Gasteiger partial charge in [-0.2, -0.15) is 0 Å². The number of H-pyrrole nitrogens is 1. The van der Waals surface area contributed by atoms with Gasteiger partial charge in [-0.15, -0.1) is 0 Å². The molecular formula is C15H9Cl2NO. The lowest BCUT2D eigenvalue weighted by atomic mass is 10.0. The maximum absolute atomic E-state index is 12.4. The van der Waals surface area contributed by atoms with Crippen LogP contribution in [0.25, 0.3) is 10.9 Å². The van der Waals surface area contributed by atoms with Gasteiger partial charge in [-0.25, -0.2) is 0 Å². The Bertz CT molecular complexity index is 762. The quantitative estimate of drug-likeness (QED) is 0.681. The molecule has 3 aromatic rings. The Morgan fingerprint density at radius 1 is 1.05 bits per heavy atom. The molecule has 0 atom stereocenters. The SMILES string of the molecule is O=C(c1ccccc1)c1c[nH]c2cc(Cl)cc(Cl)c12. The molecule has 1 aromatic heterocycles. The summed E-state index contributed by atoms with van der Waals surface area (Å²) >= 11 is 12.1. The lowest BCUT2D eigenvalue weighted by molar-refractivity contribution is 0.104. The van der Waals surface area contributed by atoms with E-state index in [0.717, 1.165) is 5.52 Å². The number of aromatic amines is 1. The highest BCUT2D eigenvalue weighted by Crippen LogP contribution is 2.31. The number of aromatic nitrogens is 1. The van der Waals surface area contributed by atoms with Crippen molar-refractivity contribution in [2.45, 2.75) is 0 Å². The van der Waals surface area contributed by atoms with E-state index < -0.39 is 0 Å². The van der Waals surface area contributed by atoms with Gasteiger partial charge >= 0.3 is 0 Å². The van der Waals surface area contributed by atoms with Gasteiger partial charge in [0, 0.05) is 33.2 Å². The molecule has 3 rings (SSSR count). The highest BCUT2D eigenvalue weighted by Gasteiger charge is 2.16. The molecule has 0 aliphatic heterocycles. The first kappa shape index (κ1) is 12.3. The van der Waals surface area contributed by atoms with Crippen LogP contribution in [-0.4, -0.2) is 10.8 Å². The van der Waals surface area contributed by atoms with Gasteiger partial charge in [0.1, 0.15) is 0 Å². The third kappa shape index (κ3) is 2.14. The summed E-state index contributed by atoms with van der Waals surface area (Å²) in [4.78, 5) is 15.5. The third-order valence-electron chi connectivity index (χ3n) is 2.98. The minimum absolute atomic E-state index is 0.0592. The molecule has 0 spiro atoms. The Morgan fingerprint density at radius 3 is 2.53 bits per heavy atom. The normalized spacial score (nSPS) is 10.8. The van der Waals surface area contributed by atoms with Crippen molar-refractivity contribution in [1.29, 1.82) is 0 Å². The van der Waals surface area contributed by atoms with Crippen LogP contribution in [0.3, 0.4) is 0 Å². The van der Waals surface area contributed by atoms with Gasteiger partial charge in [0.2, 0.25) is 0 Å². The van der Waals surface area contributed by atoms with Gasteiger partial charge in [-0.1, -0.05) is 53.5 Å². The molecule has 0 radical (unpaired) electrons. The number of ketones is 1. The van der Waals surface area contributed by atoms with E-state index in [1.807, 2.05) is 18.2 Å². The molecule has 0 fully saturated rings. The van der Waals surface area contributed by atoms with Crippen LogP contribution in [0.15, 0.2) is 48.7 Å². The molecule has 0 aliphatic rings. The van der Waals surface area contributed by atoms with Crippen LogP contribution >= 0.6 is 23.2 Å². The molecule has 0 unspecified atom stereocenters. The lowest BCUT2D eigenvalue weighted by Crippen LogP contribution is -1.99. The van der Waals surface area contributed by atoms with Crippen molar-refractivity contribution in [3.05, 3.63) is 69.8 Å². The lowest BCUT2D eigenvalue weighted by Gasteiger charge is -2.01. The van der Waals surface area contributed by atoms with E-state index in [4.69, 9.17) is 23.2 Å². The van der Waals surface area contributed by atoms with E-state index in [2.05, 4.69) is 4.98 Å². The molecule has 0 saturated carbocycles. The summed E-state index contributed by atoms with van der Waals surface area (Å²) in [6.07, 6.45) is 1.67. The van der Waals surface area contributed by atoms with Crippen LogP contribution in [0.1, 0.15) is 15.9 Å². The first-order chi connectivity index (χ1) is 9.16. The predicted octanol–water partition coefficient (Wildman–Crippen LogP) is 4.71. The largest absolute Gasteiger partial charge is 0.360 e. The molecular weight excluding hydrogens is 281 g/mol. The van der Waals surface area contributed by atoms with Crippen molar-refractivity contribution < 1.29 is 4.79 Å². The predicted molar refractivity (Wildman–Crippen MR) is 78.2 cm³/mol. The summed E-state index contributed by atoms with van der Waals surface area (Å²) in [6, 6.07) is 12.5. The highest BCUT2D eigenvalue weighted by atomic mass is 35.5. The number of halogens is 2. The molecule has 2 aromatic carbocycles. The average molecular weight is 290 g/mol. The monoisotopic (exact) mass is 289 g/mol. The number of benzene rings is 2. The fourth-order valence-electron chi connectivity index (χ4n) is 2.11. The van der Waals surface area contributed by atoms with E-state index in [1.165, 1.54) is 0 Å². The van der Waals surface area contributed by atoms with E-state index >= 15 is 0 Å². The molecule has 1 N–H and O–H groups in total. The molecule has 94 valence electrons. The van der Waals surface area contributed by atoms with E-state index in [9.17, 15) is 4.79 Å². The zero-order valence-corrected chi connectivity index (χ0v) is 11.3. The van der Waals surface area contributed by atoms with Crippen LogP contribution in [0, 0.1) is 0 Å². The minimum Gasteiger partial charge on any atom is -0.360 e. The van der Waals surface area contributed by atoms with Crippen molar-refractivity contribution >= 4 is 39.9 Å². The summed E-state index contributed by atoms with van der Waals surface area (Å²) in [7, 11) is 0. The van der Waals surface area contributed by atoms with Gasteiger partial charge in [0.05, 0.1) is 5.02 Å². The Labute approximate surface area is 120 Å². The summed E-state index contributed by atoms with van der Waals surface area (Å²) in [5.41, 5.74) is 1.95. The minimum atomic E-state index is -0.0592. The highest BCUT2D eigenvalue weighted by molar-refractivity contribution is 6.40. The zero-order chi connectivity index (χ0) is 13.4. The second kappa shape index (κ2) is 4.72. The number of fused-ring (bicyclic) bond motifs is 1. The summed E-state index contributed by atoms with van der Waals surface area (Å²) < 4.78 is 0. The zero-order valence-electron chi connectivity index (χ0n) is 9.78. The van der Waals surface area contributed by atoms with E-state index in [-0.39, 0.29) is 5.78 Å². The van der Waals surface area contributed by atoms with Crippen molar-refractivity contribution in [3.8, 4) is 0 Å². The van der Waals surface area contributed by atoms with Crippen molar-refractivity contribution in [3.63, 3.8) is 0 Å². The molecule has 0 saturated heterocycles. The second-order valence-corrected chi connectivity index (χ2v) is 5.05. The fraction of sp³-hybridized carbons (Fsp3) is 0. The standard InChI is InChI=1S/C15H9Cl2NO/c16-10-6-12(17)14-11(8-18-13(14)7-10)15(19)9-4-2-1-3-5-9/h1-8,18H. The number of carbonyl (C=O) groups is 1. The Hall–Kier alpha value is -1.77. The topological polar surface area (TPSA) is 32.9 Å². The van der Waals surface area contributed by atoms with Crippen LogP contribution in [-0.2, 0) is 0 Å². The van der Waals surface area contributed by atoms with Gasteiger partial charge in [0.25, 0.3) is 0 Å². The molecule has 0 aliphatic carbocycles. The number of nitrogens with one attached hydrogen (secondary N) is 1. The van der Waals surface area contributed by atoms with E-state index in [0.29, 0.717) is 26.6 Å². The number of rotatable bonds is 2. The van der Waals surface area contributed by atoms with Gasteiger partial charge in [-0.05, 0) is 12.1 Å². The van der Waals surface area contributed by atoms with Gasteiger partial charge in [-0.3, -0.25) is 4.79 Å². The molecule has 1 heterocycles. The maximum Gasteiger partial charge on any atom is 0.195 e. The maximum atomic E-state index is 12.4. The van der Waals surface area contributed by atoms with Gasteiger partial charge in [0.15, 0.2) is 5.78 Å². The van der Waals surface area contributed by atoms with Crippen molar-refractivity contribution in [2.24, 2.45) is 0 Å². The Morgan fingerprint density at radius 2 is 1.79 bits per heavy atom. The third-order valence-corrected chi connectivity index (χ3v) is 3.49. The van der Waals surface area contributed by atoms with Crippen LogP contribution < -0.4 is 0 Å². The smallest absolute Gasteiger partial charge is 0.195 e. The Kier molecular flexibility index (Phi) is 3.05. The van der Waals surface area contributed by atoms with E-state index in [1.54, 1.807) is 30.5 Å². The van der Waals surface area contributed by atoms with Crippen LogP contribution in [0.5, 0.6) is 0 Å². The number of hydrogen-bond donors (Lipinski definition) is 1. The molecule has 0 amide bonds. The number of carbonyl (C=O) groups excluding carboxylic acids is 1. The Balaban J connectivity index is 2.19. The molecule has 19 heavy (non-hydrogen) atoms. The fourth-order valence-corrected chi connectivity index (χ4v) is 2.70. The molecule has 2 nitrogen and oxygen atoms in total. The average Bonchev–Trinajstić information content (AvgIpc) is 2.83.